The summed E-state index contributed by atoms with van der Waals surface area (Å²) in [6.45, 7) is 4.55. The first-order valence-corrected chi connectivity index (χ1v) is 6.95. The molecule has 0 atom stereocenters. The molecule has 1 heterocycles. The first kappa shape index (κ1) is 14.0. The summed E-state index contributed by atoms with van der Waals surface area (Å²) in [4.78, 5) is 16.2. The average molecular weight is 266 g/mol. The lowest BCUT2D eigenvalue weighted by Gasteiger charge is -2.29. The van der Waals surface area contributed by atoms with Crippen LogP contribution in [0, 0.1) is 5.41 Å². The van der Waals surface area contributed by atoms with Crippen LogP contribution in [0.3, 0.4) is 0 Å². The quantitative estimate of drug-likeness (QED) is 0.692. The highest BCUT2D eigenvalue weighted by molar-refractivity contribution is 5.90. The van der Waals surface area contributed by atoms with E-state index in [4.69, 9.17) is 0 Å². The van der Waals surface area contributed by atoms with Gasteiger partial charge in [0.1, 0.15) is 5.82 Å². The Morgan fingerprint density at radius 2 is 2.16 bits per heavy atom. The zero-order valence-corrected chi connectivity index (χ0v) is 11.6. The van der Waals surface area contributed by atoms with E-state index in [-0.39, 0.29) is 23.8 Å². The molecule has 0 aliphatic heterocycles. The molecule has 0 spiro atoms. The SMILES string of the molecule is CCC(CC)(CO)CNC(=O)c1n[nH]c(C2CC2)n1. The molecule has 106 valence electrons. The number of carbonyl (C=O) groups excluding carboxylic acids is 1. The van der Waals surface area contributed by atoms with Gasteiger partial charge in [0.2, 0.25) is 5.82 Å². The molecule has 0 bridgehead atoms. The normalized spacial score (nSPS) is 15.5. The minimum Gasteiger partial charge on any atom is -0.396 e. The Hall–Kier alpha value is -1.43. The van der Waals surface area contributed by atoms with Gasteiger partial charge in [0.05, 0.1) is 6.61 Å². The van der Waals surface area contributed by atoms with Crippen LogP contribution in [-0.4, -0.2) is 39.3 Å². The van der Waals surface area contributed by atoms with Gasteiger partial charge in [-0.2, -0.15) is 0 Å². The highest BCUT2D eigenvalue weighted by atomic mass is 16.3. The molecular formula is C13H22N4O2. The topological polar surface area (TPSA) is 90.9 Å². The molecule has 1 amide bonds. The maximum Gasteiger partial charge on any atom is 0.290 e. The largest absolute Gasteiger partial charge is 0.396 e. The zero-order chi connectivity index (χ0) is 13.9. The molecule has 1 fully saturated rings. The summed E-state index contributed by atoms with van der Waals surface area (Å²) in [6.07, 6.45) is 3.88. The smallest absolute Gasteiger partial charge is 0.290 e. The number of H-pyrrole nitrogens is 1. The summed E-state index contributed by atoms with van der Waals surface area (Å²) in [5, 5.41) is 19.0. The molecule has 0 aromatic carbocycles. The summed E-state index contributed by atoms with van der Waals surface area (Å²) >= 11 is 0. The van der Waals surface area contributed by atoms with Crippen LogP contribution in [0.4, 0.5) is 0 Å². The van der Waals surface area contributed by atoms with Gasteiger partial charge in [-0.25, -0.2) is 4.98 Å². The van der Waals surface area contributed by atoms with Crippen molar-refractivity contribution in [1.82, 2.24) is 20.5 Å². The number of aliphatic hydroxyl groups is 1. The Bertz CT molecular complexity index is 427. The summed E-state index contributed by atoms with van der Waals surface area (Å²) in [6, 6.07) is 0. The van der Waals surface area contributed by atoms with E-state index < -0.39 is 0 Å². The van der Waals surface area contributed by atoms with Crippen molar-refractivity contribution in [1.29, 1.82) is 0 Å². The lowest BCUT2D eigenvalue weighted by Crippen LogP contribution is -2.39. The van der Waals surface area contributed by atoms with Crippen molar-refractivity contribution in [2.75, 3.05) is 13.2 Å². The number of hydrogen-bond donors (Lipinski definition) is 3. The Morgan fingerprint density at radius 1 is 1.47 bits per heavy atom. The van der Waals surface area contributed by atoms with E-state index >= 15 is 0 Å². The van der Waals surface area contributed by atoms with Gasteiger partial charge in [-0.15, -0.1) is 5.10 Å². The Morgan fingerprint density at radius 3 is 2.68 bits per heavy atom. The standard InChI is InChI=1S/C13H22N4O2/c1-3-13(4-2,8-18)7-14-12(19)11-15-10(16-17-11)9-5-6-9/h9,18H,3-8H2,1-2H3,(H,14,19)(H,15,16,17). The molecule has 0 saturated heterocycles. The molecule has 1 aromatic rings. The maximum atomic E-state index is 12.0. The molecule has 6 heteroatoms. The zero-order valence-electron chi connectivity index (χ0n) is 11.6. The fraction of sp³-hybridized carbons (Fsp3) is 0.769. The lowest BCUT2D eigenvalue weighted by atomic mass is 9.83. The minimum atomic E-state index is -0.275. The van der Waals surface area contributed by atoms with E-state index in [0.29, 0.717) is 12.5 Å². The van der Waals surface area contributed by atoms with Gasteiger partial charge >= 0.3 is 0 Å². The van der Waals surface area contributed by atoms with Gasteiger partial charge in [0.25, 0.3) is 5.91 Å². The van der Waals surface area contributed by atoms with Crippen LogP contribution >= 0.6 is 0 Å². The van der Waals surface area contributed by atoms with Crippen molar-refractivity contribution in [2.24, 2.45) is 5.41 Å². The van der Waals surface area contributed by atoms with Gasteiger partial charge in [-0.05, 0) is 25.7 Å². The third-order valence-corrected chi connectivity index (χ3v) is 4.13. The van der Waals surface area contributed by atoms with Crippen LogP contribution in [0.15, 0.2) is 0 Å². The second-order valence-electron chi connectivity index (χ2n) is 5.37. The van der Waals surface area contributed by atoms with Crippen molar-refractivity contribution in [3.8, 4) is 0 Å². The number of nitrogens with zero attached hydrogens (tertiary/aromatic N) is 2. The predicted octanol–water partition coefficient (Wildman–Crippen LogP) is 1.21. The van der Waals surface area contributed by atoms with Crippen LogP contribution in [0.25, 0.3) is 0 Å². The fourth-order valence-corrected chi connectivity index (χ4v) is 2.04. The van der Waals surface area contributed by atoms with E-state index in [1.165, 1.54) is 0 Å². The number of rotatable bonds is 7. The average Bonchev–Trinajstić information content (AvgIpc) is 3.18. The molecule has 1 aromatic heterocycles. The van der Waals surface area contributed by atoms with Crippen molar-refractivity contribution in [2.45, 2.75) is 45.4 Å². The van der Waals surface area contributed by atoms with Crippen molar-refractivity contribution >= 4 is 5.91 Å². The number of aliphatic hydroxyl groups excluding tert-OH is 1. The summed E-state index contributed by atoms with van der Waals surface area (Å²) in [5.41, 5.74) is -0.245. The van der Waals surface area contributed by atoms with Gasteiger partial charge in [-0.1, -0.05) is 13.8 Å². The van der Waals surface area contributed by atoms with Crippen LogP contribution < -0.4 is 5.32 Å². The van der Waals surface area contributed by atoms with E-state index in [1.807, 2.05) is 13.8 Å². The fourth-order valence-electron chi connectivity index (χ4n) is 2.04. The summed E-state index contributed by atoms with van der Waals surface area (Å²) < 4.78 is 0. The van der Waals surface area contributed by atoms with Crippen LogP contribution in [0.2, 0.25) is 0 Å². The second-order valence-corrected chi connectivity index (χ2v) is 5.37. The van der Waals surface area contributed by atoms with Crippen molar-refractivity contribution < 1.29 is 9.90 Å². The van der Waals surface area contributed by atoms with Crippen molar-refractivity contribution in [3.05, 3.63) is 11.6 Å². The molecule has 0 radical (unpaired) electrons. The molecule has 0 unspecified atom stereocenters. The maximum absolute atomic E-state index is 12.0. The molecule has 1 saturated carbocycles. The number of hydrogen-bond acceptors (Lipinski definition) is 4. The second kappa shape index (κ2) is 5.69. The number of aromatic amines is 1. The van der Waals surface area contributed by atoms with E-state index in [2.05, 4.69) is 20.5 Å². The van der Waals surface area contributed by atoms with Gasteiger partial charge in [-0.3, -0.25) is 9.89 Å². The van der Waals surface area contributed by atoms with Crippen LogP contribution in [0.5, 0.6) is 0 Å². The van der Waals surface area contributed by atoms with Crippen LogP contribution in [0.1, 0.15) is 61.9 Å². The first-order chi connectivity index (χ1) is 9.14. The summed E-state index contributed by atoms with van der Waals surface area (Å²) in [7, 11) is 0. The number of aromatic nitrogens is 3. The molecule has 2 rings (SSSR count). The highest BCUT2D eigenvalue weighted by Gasteiger charge is 2.29. The molecule has 1 aliphatic carbocycles. The van der Waals surface area contributed by atoms with E-state index in [0.717, 1.165) is 31.5 Å². The molecule has 3 N–H and O–H groups in total. The number of carbonyl (C=O) groups is 1. The van der Waals surface area contributed by atoms with E-state index in [1.54, 1.807) is 0 Å². The van der Waals surface area contributed by atoms with Crippen molar-refractivity contribution in [3.63, 3.8) is 0 Å². The van der Waals surface area contributed by atoms with Gasteiger partial charge in [0, 0.05) is 17.9 Å². The Kier molecular flexibility index (Phi) is 4.19. The summed E-state index contributed by atoms with van der Waals surface area (Å²) in [5.74, 6) is 1.19. The lowest BCUT2D eigenvalue weighted by molar-refractivity contribution is 0.0842. The monoisotopic (exact) mass is 266 g/mol. The molecule has 1 aliphatic rings. The minimum absolute atomic E-state index is 0.0710. The highest BCUT2D eigenvalue weighted by Crippen LogP contribution is 2.37. The van der Waals surface area contributed by atoms with Gasteiger partial charge in [0.15, 0.2) is 0 Å². The predicted molar refractivity (Wildman–Crippen MR) is 70.8 cm³/mol. The molecular weight excluding hydrogens is 244 g/mol. The third kappa shape index (κ3) is 3.12. The van der Waals surface area contributed by atoms with Crippen LogP contribution in [-0.2, 0) is 0 Å². The molecule has 19 heavy (non-hydrogen) atoms. The Labute approximate surface area is 113 Å². The van der Waals surface area contributed by atoms with E-state index in [9.17, 15) is 9.90 Å². The third-order valence-electron chi connectivity index (χ3n) is 4.13. The molecule has 6 nitrogen and oxygen atoms in total. The van der Waals surface area contributed by atoms with Gasteiger partial charge < -0.3 is 10.4 Å². The first-order valence-electron chi connectivity index (χ1n) is 6.95. The Balaban J connectivity index is 1.92. The number of amides is 1. The number of nitrogens with one attached hydrogen (secondary N) is 2.